The van der Waals surface area contributed by atoms with Gasteiger partial charge in [0.15, 0.2) is 16.7 Å². The maximum atomic E-state index is 12.5. The fourth-order valence-electron chi connectivity index (χ4n) is 3.30. The van der Waals surface area contributed by atoms with Gasteiger partial charge in [-0.3, -0.25) is 4.79 Å². The van der Waals surface area contributed by atoms with E-state index in [0.717, 1.165) is 23.2 Å². The predicted molar refractivity (Wildman–Crippen MR) is 148 cm³/mol. The molecule has 1 saturated heterocycles. The highest BCUT2D eigenvalue weighted by Gasteiger charge is 2.24. The van der Waals surface area contributed by atoms with Gasteiger partial charge in [0.05, 0.1) is 32.2 Å². The molecule has 4 rings (SSSR count). The zero-order valence-corrected chi connectivity index (χ0v) is 22.8. The van der Waals surface area contributed by atoms with E-state index in [4.69, 9.17) is 32.7 Å². The number of amides is 1. The number of benzene rings is 3. The number of amidine groups is 1. The molecule has 9 heteroatoms. The molecule has 3 aromatic carbocycles. The van der Waals surface area contributed by atoms with Crippen LogP contribution in [0.3, 0.4) is 0 Å². The van der Waals surface area contributed by atoms with E-state index in [2.05, 4.69) is 33.2 Å². The van der Waals surface area contributed by atoms with Gasteiger partial charge in [0.2, 0.25) is 0 Å². The quantitative estimate of drug-likeness (QED) is 0.285. The number of carbonyl (C=O) groups is 1. The van der Waals surface area contributed by atoms with Crippen molar-refractivity contribution in [1.82, 2.24) is 5.32 Å². The average Bonchev–Trinajstić information content (AvgIpc) is 3.18. The standard InChI is InChI=1S/C26H21BrCl2N2O3S/c1-3-15-4-7-18(8-5-15)30-26-31-25(32)23(35-26)13-17-10-19(27)24(22(12-17)33-2)34-14-16-6-9-20(28)21(29)11-16/h4-13H,3,14H2,1-2H3,(H,30,31,32)/b23-13-. The molecule has 1 aliphatic rings. The van der Waals surface area contributed by atoms with E-state index in [0.29, 0.717) is 36.1 Å². The number of halogens is 3. The van der Waals surface area contributed by atoms with Gasteiger partial charge in [0, 0.05) is 0 Å². The van der Waals surface area contributed by atoms with Gasteiger partial charge in [-0.05, 0) is 93.3 Å². The van der Waals surface area contributed by atoms with Gasteiger partial charge in [-0.1, -0.05) is 48.3 Å². The second kappa shape index (κ2) is 11.5. The Morgan fingerprint density at radius 3 is 2.49 bits per heavy atom. The molecule has 1 heterocycles. The van der Waals surface area contributed by atoms with E-state index in [9.17, 15) is 4.79 Å². The third-order valence-corrected chi connectivity index (χ3v) is 7.38. The van der Waals surface area contributed by atoms with Crippen molar-refractivity contribution in [3.63, 3.8) is 0 Å². The van der Waals surface area contributed by atoms with Crippen LogP contribution in [0.15, 0.2) is 69.0 Å². The number of carbonyl (C=O) groups excluding carboxylic acids is 1. The molecule has 0 aromatic heterocycles. The summed E-state index contributed by atoms with van der Waals surface area (Å²) in [5.74, 6) is 0.871. The van der Waals surface area contributed by atoms with Gasteiger partial charge < -0.3 is 14.8 Å². The van der Waals surface area contributed by atoms with Gasteiger partial charge in [0.1, 0.15) is 6.61 Å². The van der Waals surface area contributed by atoms with Crippen LogP contribution in [0.1, 0.15) is 23.6 Å². The smallest absolute Gasteiger partial charge is 0.264 e. The van der Waals surface area contributed by atoms with Crippen molar-refractivity contribution in [1.29, 1.82) is 0 Å². The highest BCUT2D eigenvalue weighted by molar-refractivity contribution is 9.10. The predicted octanol–water partition coefficient (Wildman–Crippen LogP) is 7.80. The summed E-state index contributed by atoms with van der Waals surface area (Å²) in [5.41, 5.74) is 3.68. The number of hydrogen-bond donors (Lipinski definition) is 1. The molecular formula is C26H21BrCl2N2O3S. The van der Waals surface area contributed by atoms with E-state index in [-0.39, 0.29) is 12.5 Å². The summed E-state index contributed by atoms with van der Waals surface area (Å²) in [4.78, 5) is 17.6. The summed E-state index contributed by atoms with van der Waals surface area (Å²) in [5, 5.41) is 4.32. The molecule has 1 fully saturated rings. The SMILES string of the molecule is CCc1ccc(N=C2NC(=O)/C(=C/c3cc(Br)c(OCc4ccc(Cl)c(Cl)c4)c(OC)c3)S2)cc1. The highest BCUT2D eigenvalue weighted by Crippen LogP contribution is 2.39. The van der Waals surface area contributed by atoms with Gasteiger partial charge >= 0.3 is 0 Å². The second-order valence-corrected chi connectivity index (χ2v) is 10.3. The molecule has 1 amide bonds. The van der Waals surface area contributed by atoms with Crippen LogP contribution in [0.5, 0.6) is 11.5 Å². The van der Waals surface area contributed by atoms with Crippen molar-refractivity contribution >= 4 is 73.7 Å². The molecule has 0 unspecified atom stereocenters. The zero-order valence-electron chi connectivity index (χ0n) is 18.9. The maximum Gasteiger partial charge on any atom is 0.264 e. The first-order valence-corrected chi connectivity index (χ1v) is 13.1. The summed E-state index contributed by atoms with van der Waals surface area (Å²) < 4.78 is 12.2. The molecule has 1 N–H and O–H groups in total. The Morgan fingerprint density at radius 1 is 1.06 bits per heavy atom. The van der Waals surface area contributed by atoms with Gasteiger partial charge in [-0.2, -0.15) is 0 Å². The normalized spacial score (nSPS) is 15.5. The summed E-state index contributed by atoms with van der Waals surface area (Å²) in [6.07, 6.45) is 2.76. The molecule has 0 aliphatic carbocycles. The van der Waals surface area contributed by atoms with Crippen molar-refractivity contribution in [2.75, 3.05) is 7.11 Å². The molecule has 0 radical (unpaired) electrons. The van der Waals surface area contributed by atoms with Crippen LogP contribution in [0.2, 0.25) is 10.0 Å². The molecule has 0 saturated carbocycles. The molecule has 0 atom stereocenters. The van der Waals surface area contributed by atoms with Crippen LogP contribution in [0, 0.1) is 0 Å². The molecule has 0 spiro atoms. The molecule has 35 heavy (non-hydrogen) atoms. The fraction of sp³-hybridized carbons (Fsp3) is 0.154. The minimum Gasteiger partial charge on any atom is -0.493 e. The maximum absolute atomic E-state index is 12.5. The monoisotopic (exact) mass is 590 g/mol. The van der Waals surface area contributed by atoms with Crippen LogP contribution < -0.4 is 14.8 Å². The number of rotatable bonds is 7. The Morgan fingerprint density at radius 2 is 1.80 bits per heavy atom. The highest BCUT2D eigenvalue weighted by atomic mass is 79.9. The van der Waals surface area contributed by atoms with E-state index >= 15 is 0 Å². The van der Waals surface area contributed by atoms with Crippen LogP contribution in [-0.4, -0.2) is 18.2 Å². The number of aliphatic imine (C=N–C) groups is 1. The number of ether oxygens (including phenoxy) is 2. The van der Waals surface area contributed by atoms with Crippen LogP contribution in [-0.2, 0) is 17.8 Å². The van der Waals surface area contributed by atoms with Gasteiger partial charge in [-0.15, -0.1) is 0 Å². The number of aryl methyl sites for hydroxylation is 1. The summed E-state index contributed by atoms with van der Waals surface area (Å²) in [6, 6.07) is 17.0. The number of nitrogens with zero attached hydrogens (tertiary/aromatic N) is 1. The van der Waals surface area contributed by atoms with Crippen molar-refractivity contribution in [2.24, 2.45) is 4.99 Å². The minimum absolute atomic E-state index is 0.200. The fourth-order valence-corrected chi connectivity index (χ4v) is 5.04. The van der Waals surface area contributed by atoms with Crippen LogP contribution in [0.4, 0.5) is 5.69 Å². The van der Waals surface area contributed by atoms with E-state index < -0.39 is 0 Å². The molecular weight excluding hydrogens is 571 g/mol. The molecule has 1 aliphatic heterocycles. The Bertz CT molecular complexity index is 1330. The van der Waals surface area contributed by atoms with E-state index in [1.165, 1.54) is 17.3 Å². The Balaban J connectivity index is 1.51. The molecule has 0 bridgehead atoms. The van der Waals surface area contributed by atoms with Crippen molar-refractivity contribution in [2.45, 2.75) is 20.0 Å². The van der Waals surface area contributed by atoms with Crippen molar-refractivity contribution < 1.29 is 14.3 Å². The van der Waals surface area contributed by atoms with E-state index in [1.807, 2.05) is 42.5 Å². The lowest BCUT2D eigenvalue weighted by Crippen LogP contribution is -2.19. The Labute approximate surface area is 226 Å². The second-order valence-electron chi connectivity index (χ2n) is 7.57. The number of hydrogen-bond acceptors (Lipinski definition) is 5. The van der Waals surface area contributed by atoms with Crippen LogP contribution >= 0.6 is 50.9 Å². The zero-order chi connectivity index (χ0) is 24.9. The third kappa shape index (κ3) is 6.41. The summed E-state index contributed by atoms with van der Waals surface area (Å²) >= 11 is 16.9. The summed E-state index contributed by atoms with van der Waals surface area (Å²) in [7, 11) is 1.57. The molecule has 180 valence electrons. The number of thioether (sulfide) groups is 1. The third-order valence-electron chi connectivity index (χ3n) is 5.14. The Hall–Kier alpha value is -2.45. The first-order valence-electron chi connectivity index (χ1n) is 10.7. The topological polar surface area (TPSA) is 59.9 Å². The summed E-state index contributed by atoms with van der Waals surface area (Å²) in [6.45, 7) is 2.39. The number of nitrogens with one attached hydrogen (secondary N) is 1. The average molecular weight is 592 g/mol. The van der Waals surface area contributed by atoms with Gasteiger partial charge in [-0.25, -0.2) is 4.99 Å². The first kappa shape index (κ1) is 25.6. The van der Waals surface area contributed by atoms with Gasteiger partial charge in [0.25, 0.3) is 5.91 Å². The Kier molecular flexibility index (Phi) is 8.44. The first-order chi connectivity index (χ1) is 16.9. The molecule has 5 nitrogen and oxygen atoms in total. The lowest BCUT2D eigenvalue weighted by molar-refractivity contribution is -0.115. The van der Waals surface area contributed by atoms with Crippen LogP contribution in [0.25, 0.3) is 6.08 Å². The van der Waals surface area contributed by atoms with Crippen molar-refractivity contribution in [3.8, 4) is 11.5 Å². The van der Waals surface area contributed by atoms with Crippen molar-refractivity contribution in [3.05, 3.63) is 90.7 Å². The lowest BCUT2D eigenvalue weighted by Gasteiger charge is -2.14. The minimum atomic E-state index is -0.200. The number of methoxy groups -OCH3 is 1. The molecule has 3 aromatic rings. The lowest BCUT2D eigenvalue weighted by atomic mass is 10.1. The van der Waals surface area contributed by atoms with E-state index in [1.54, 1.807) is 25.3 Å². The largest absolute Gasteiger partial charge is 0.493 e.